The molecule has 0 unspecified atom stereocenters. The van der Waals surface area contributed by atoms with Crippen molar-refractivity contribution in [3.05, 3.63) is 12.7 Å². The molecule has 0 fully saturated rings. The lowest BCUT2D eigenvalue weighted by Gasteiger charge is -2.15. The number of carbonyl (C=O) groups excluding carboxylic acids is 1. The number of allylic oxidation sites excluding steroid dienone is 1. The van der Waals surface area contributed by atoms with Crippen molar-refractivity contribution in [3.63, 3.8) is 0 Å². The average molecular weight is 169 g/mol. The second-order valence-electron chi connectivity index (χ2n) is 3.35. The number of carbonyl (C=O) groups is 1. The summed E-state index contributed by atoms with van der Waals surface area (Å²) >= 11 is 0. The maximum Gasteiger partial charge on any atom is 0.224 e. The van der Waals surface area contributed by atoms with Gasteiger partial charge >= 0.3 is 0 Å². The summed E-state index contributed by atoms with van der Waals surface area (Å²) in [7, 11) is 3.60. The van der Waals surface area contributed by atoms with Crippen LogP contribution in [0.15, 0.2) is 12.7 Å². The van der Waals surface area contributed by atoms with Crippen LogP contribution in [0.4, 0.5) is 0 Å². The van der Waals surface area contributed by atoms with E-state index in [4.69, 9.17) is 0 Å². The minimum Gasteiger partial charge on any atom is -0.349 e. The molecule has 0 spiro atoms. The fourth-order valence-electron chi connectivity index (χ4n) is 1.13. The maximum atomic E-state index is 11.3. The van der Waals surface area contributed by atoms with E-state index in [-0.39, 0.29) is 11.8 Å². The maximum absolute atomic E-state index is 11.3. The van der Waals surface area contributed by atoms with E-state index in [1.165, 1.54) is 0 Å². The Labute approximate surface area is 75.3 Å². The first-order chi connectivity index (χ1) is 5.59. The van der Waals surface area contributed by atoms with Crippen molar-refractivity contribution in [2.45, 2.75) is 26.2 Å². The van der Waals surface area contributed by atoms with Crippen molar-refractivity contribution in [2.24, 2.45) is 5.92 Å². The van der Waals surface area contributed by atoms with Gasteiger partial charge in [-0.25, -0.2) is 0 Å². The Morgan fingerprint density at radius 3 is 2.58 bits per heavy atom. The first kappa shape index (κ1) is 11.2. The summed E-state index contributed by atoms with van der Waals surface area (Å²) in [6.45, 7) is 5.62. The van der Waals surface area contributed by atoms with E-state index >= 15 is 0 Å². The zero-order valence-electron chi connectivity index (χ0n) is 8.34. The summed E-state index contributed by atoms with van der Waals surface area (Å²) in [6, 6.07) is 0. The van der Waals surface area contributed by atoms with Crippen LogP contribution in [0.3, 0.4) is 0 Å². The van der Waals surface area contributed by atoms with Crippen LogP contribution >= 0.6 is 0 Å². The molecule has 0 aromatic carbocycles. The number of amides is 1. The van der Waals surface area contributed by atoms with Gasteiger partial charge in [0.05, 0.1) is 0 Å². The Morgan fingerprint density at radius 2 is 2.17 bits per heavy atom. The molecule has 70 valence electrons. The van der Waals surface area contributed by atoms with Crippen molar-refractivity contribution < 1.29 is 4.79 Å². The molecule has 0 saturated carbocycles. The fraction of sp³-hybridized carbons (Fsp3) is 0.700. The largest absolute Gasteiger partial charge is 0.349 e. The van der Waals surface area contributed by atoms with Gasteiger partial charge in [0, 0.05) is 20.0 Å². The van der Waals surface area contributed by atoms with Crippen molar-refractivity contribution >= 4 is 5.91 Å². The van der Waals surface area contributed by atoms with Crippen molar-refractivity contribution in [3.8, 4) is 0 Å². The van der Waals surface area contributed by atoms with Gasteiger partial charge < -0.3 is 4.90 Å². The topological polar surface area (TPSA) is 20.3 Å². The molecule has 1 amide bonds. The van der Waals surface area contributed by atoms with Crippen LogP contribution in [0.1, 0.15) is 26.2 Å². The summed E-state index contributed by atoms with van der Waals surface area (Å²) in [5, 5.41) is 0. The van der Waals surface area contributed by atoms with E-state index in [1.54, 1.807) is 19.0 Å². The van der Waals surface area contributed by atoms with Crippen molar-refractivity contribution in [2.75, 3.05) is 14.1 Å². The van der Waals surface area contributed by atoms with Crippen LogP contribution in [0.2, 0.25) is 0 Å². The van der Waals surface area contributed by atoms with E-state index in [1.807, 2.05) is 13.0 Å². The molecule has 0 aliphatic carbocycles. The highest BCUT2D eigenvalue weighted by molar-refractivity contribution is 5.77. The van der Waals surface area contributed by atoms with Gasteiger partial charge in [-0.05, 0) is 19.3 Å². The Morgan fingerprint density at radius 1 is 1.58 bits per heavy atom. The molecular formula is C10H19NO. The van der Waals surface area contributed by atoms with Gasteiger partial charge in [-0.1, -0.05) is 13.0 Å². The van der Waals surface area contributed by atoms with E-state index in [0.717, 1.165) is 19.3 Å². The van der Waals surface area contributed by atoms with Crippen molar-refractivity contribution in [1.82, 2.24) is 4.90 Å². The zero-order chi connectivity index (χ0) is 9.56. The monoisotopic (exact) mass is 169 g/mol. The molecule has 0 saturated heterocycles. The van der Waals surface area contributed by atoms with E-state index in [2.05, 4.69) is 6.58 Å². The van der Waals surface area contributed by atoms with Crippen LogP contribution < -0.4 is 0 Å². The summed E-state index contributed by atoms with van der Waals surface area (Å²) in [6.07, 6.45) is 4.92. The first-order valence-corrected chi connectivity index (χ1v) is 4.41. The van der Waals surface area contributed by atoms with Gasteiger partial charge in [-0.2, -0.15) is 0 Å². The highest BCUT2D eigenvalue weighted by atomic mass is 16.2. The van der Waals surface area contributed by atoms with Gasteiger partial charge in [0.2, 0.25) is 5.91 Å². The molecule has 0 bridgehead atoms. The van der Waals surface area contributed by atoms with E-state index in [9.17, 15) is 4.79 Å². The lowest BCUT2D eigenvalue weighted by molar-refractivity contribution is -0.132. The molecule has 12 heavy (non-hydrogen) atoms. The SMILES string of the molecule is C=CCCC[C@H](C)C(=O)N(C)C. The number of rotatable bonds is 5. The zero-order valence-corrected chi connectivity index (χ0v) is 8.34. The fourth-order valence-corrected chi connectivity index (χ4v) is 1.13. The van der Waals surface area contributed by atoms with Crippen LogP contribution in [-0.4, -0.2) is 24.9 Å². The van der Waals surface area contributed by atoms with Gasteiger partial charge in [0.15, 0.2) is 0 Å². The van der Waals surface area contributed by atoms with Gasteiger partial charge in [0.1, 0.15) is 0 Å². The third-order valence-electron chi connectivity index (χ3n) is 1.91. The normalized spacial score (nSPS) is 12.2. The molecule has 2 nitrogen and oxygen atoms in total. The lowest BCUT2D eigenvalue weighted by Crippen LogP contribution is -2.27. The predicted molar refractivity (Wildman–Crippen MR) is 51.9 cm³/mol. The second-order valence-corrected chi connectivity index (χ2v) is 3.35. The van der Waals surface area contributed by atoms with Crippen LogP contribution in [0, 0.1) is 5.92 Å². The Kier molecular flexibility index (Phi) is 5.43. The Balaban J connectivity index is 3.64. The second kappa shape index (κ2) is 5.81. The summed E-state index contributed by atoms with van der Waals surface area (Å²) in [5.41, 5.74) is 0. The molecule has 0 aromatic heterocycles. The molecule has 1 atom stereocenters. The minimum absolute atomic E-state index is 0.153. The third kappa shape index (κ3) is 4.16. The number of hydrogen-bond donors (Lipinski definition) is 0. The number of unbranched alkanes of at least 4 members (excludes halogenated alkanes) is 1. The van der Waals surface area contributed by atoms with Gasteiger partial charge in [-0.3, -0.25) is 4.79 Å². The van der Waals surface area contributed by atoms with E-state index < -0.39 is 0 Å². The molecule has 0 rings (SSSR count). The molecule has 0 aliphatic heterocycles. The summed E-state index contributed by atoms with van der Waals surface area (Å²) in [4.78, 5) is 13.0. The van der Waals surface area contributed by atoms with Crippen molar-refractivity contribution in [1.29, 1.82) is 0 Å². The molecule has 0 aromatic rings. The first-order valence-electron chi connectivity index (χ1n) is 4.41. The quantitative estimate of drug-likeness (QED) is 0.455. The predicted octanol–water partition coefficient (Wildman–Crippen LogP) is 2.07. The Hall–Kier alpha value is -0.790. The molecule has 2 heteroatoms. The van der Waals surface area contributed by atoms with Crippen LogP contribution in [0.5, 0.6) is 0 Å². The van der Waals surface area contributed by atoms with Gasteiger partial charge in [0.25, 0.3) is 0 Å². The smallest absolute Gasteiger partial charge is 0.224 e. The summed E-state index contributed by atoms with van der Waals surface area (Å²) in [5.74, 6) is 0.374. The molecular weight excluding hydrogens is 150 g/mol. The third-order valence-corrected chi connectivity index (χ3v) is 1.91. The minimum atomic E-state index is 0.153. The standard InChI is InChI=1S/C10H19NO/c1-5-6-7-8-9(2)10(12)11(3)4/h5,9H,1,6-8H2,2-4H3/t9-/m0/s1. The number of hydrogen-bond acceptors (Lipinski definition) is 1. The van der Waals surface area contributed by atoms with Crippen LogP contribution in [0.25, 0.3) is 0 Å². The molecule has 0 aliphatic rings. The molecule has 0 N–H and O–H groups in total. The van der Waals surface area contributed by atoms with Crippen LogP contribution in [-0.2, 0) is 4.79 Å². The number of nitrogens with zero attached hydrogens (tertiary/aromatic N) is 1. The molecule has 0 radical (unpaired) electrons. The Bertz CT molecular complexity index is 152. The van der Waals surface area contributed by atoms with Gasteiger partial charge in [-0.15, -0.1) is 6.58 Å². The highest BCUT2D eigenvalue weighted by Gasteiger charge is 2.13. The lowest BCUT2D eigenvalue weighted by atomic mass is 10.0. The average Bonchev–Trinajstić information content (AvgIpc) is 2.03. The summed E-state index contributed by atoms with van der Waals surface area (Å²) < 4.78 is 0. The van der Waals surface area contributed by atoms with E-state index in [0.29, 0.717) is 0 Å². The highest BCUT2D eigenvalue weighted by Crippen LogP contribution is 2.09. The molecule has 0 heterocycles.